The van der Waals surface area contributed by atoms with Crippen LogP contribution in [0.1, 0.15) is 11.3 Å². The Labute approximate surface area is 174 Å². The second-order valence-electron chi connectivity index (χ2n) is 6.85. The third-order valence-corrected chi connectivity index (χ3v) is 4.83. The molecule has 1 aliphatic heterocycles. The highest BCUT2D eigenvalue weighted by atomic mass is 16.5. The van der Waals surface area contributed by atoms with Gasteiger partial charge < -0.3 is 20.1 Å². The van der Waals surface area contributed by atoms with Gasteiger partial charge in [-0.05, 0) is 30.8 Å². The third-order valence-electron chi connectivity index (χ3n) is 4.83. The van der Waals surface area contributed by atoms with Gasteiger partial charge in [0.25, 0.3) is 0 Å². The van der Waals surface area contributed by atoms with Crippen molar-refractivity contribution in [2.75, 3.05) is 37.7 Å². The number of hydrogen-bond acceptors (Lipinski definition) is 8. The molecule has 2 N–H and O–H groups in total. The van der Waals surface area contributed by atoms with E-state index in [0.717, 1.165) is 42.1 Å². The van der Waals surface area contributed by atoms with Gasteiger partial charge in [0, 0.05) is 48.6 Å². The van der Waals surface area contributed by atoms with E-state index in [0.29, 0.717) is 36.8 Å². The van der Waals surface area contributed by atoms with Crippen molar-refractivity contribution in [2.24, 2.45) is 5.73 Å². The van der Waals surface area contributed by atoms with Gasteiger partial charge in [-0.1, -0.05) is 6.07 Å². The molecule has 0 atom stereocenters. The summed E-state index contributed by atoms with van der Waals surface area (Å²) in [6, 6.07) is 13.3. The second-order valence-corrected chi connectivity index (χ2v) is 6.85. The Bertz CT molecular complexity index is 1040. The molecular weight excluding hydrogens is 380 g/mol. The van der Waals surface area contributed by atoms with Crippen LogP contribution in [-0.4, -0.2) is 48.0 Å². The molecule has 8 nitrogen and oxygen atoms in total. The predicted molar refractivity (Wildman–Crippen MR) is 112 cm³/mol. The highest BCUT2D eigenvalue weighted by molar-refractivity contribution is 5.71. The molecule has 4 rings (SSSR count). The average molecular weight is 402 g/mol. The van der Waals surface area contributed by atoms with Crippen molar-refractivity contribution >= 4 is 5.82 Å². The van der Waals surface area contributed by atoms with Crippen molar-refractivity contribution in [1.82, 2.24) is 15.2 Å². The Balaban J connectivity index is 1.64. The maximum absolute atomic E-state index is 9.33. The maximum atomic E-state index is 9.33. The quantitative estimate of drug-likeness (QED) is 0.670. The molecule has 2 aromatic heterocycles. The number of rotatable bonds is 6. The summed E-state index contributed by atoms with van der Waals surface area (Å²) >= 11 is 0. The fourth-order valence-electron chi connectivity index (χ4n) is 3.26. The molecule has 1 aromatic carbocycles. The first-order valence-corrected chi connectivity index (χ1v) is 9.79. The van der Waals surface area contributed by atoms with Crippen LogP contribution in [-0.2, 0) is 11.2 Å². The second kappa shape index (κ2) is 9.31. The Kier molecular flexibility index (Phi) is 6.13. The first kappa shape index (κ1) is 19.8. The zero-order valence-electron chi connectivity index (χ0n) is 16.5. The predicted octanol–water partition coefficient (Wildman–Crippen LogP) is 2.54. The molecule has 0 spiro atoms. The van der Waals surface area contributed by atoms with Gasteiger partial charge in [0.2, 0.25) is 0 Å². The number of anilines is 1. The molecule has 8 heteroatoms. The van der Waals surface area contributed by atoms with E-state index in [1.165, 1.54) is 0 Å². The van der Waals surface area contributed by atoms with Crippen LogP contribution >= 0.6 is 0 Å². The number of nitriles is 1. The lowest BCUT2D eigenvalue weighted by Gasteiger charge is -2.27. The summed E-state index contributed by atoms with van der Waals surface area (Å²) in [5.74, 6) is 1.85. The number of morpholine rings is 1. The topological polar surface area (TPSA) is 110 Å². The summed E-state index contributed by atoms with van der Waals surface area (Å²) in [5, 5.41) is 17.6. The minimum Gasteiger partial charge on any atom is -0.455 e. The fourth-order valence-corrected chi connectivity index (χ4v) is 3.26. The number of aromatic nitrogens is 3. The van der Waals surface area contributed by atoms with E-state index in [1.54, 1.807) is 24.5 Å². The lowest BCUT2D eigenvalue weighted by atomic mass is 10.0. The molecule has 3 heterocycles. The summed E-state index contributed by atoms with van der Waals surface area (Å²) < 4.78 is 11.6. The summed E-state index contributed by atoms with van der Waals surface area (Å²) in [5.41, 5.74) is 8.79. The van der Waals surface area contributed by atoms with Crippen molar-refractivity contribution in [3.63, 3.8) is 0 Å². The fraction of sp³-hybridized carbons (Fsp3) is 0.273. The van der Waals surface area contributed by atoms with Gasteiger partial charge in [-0.15, -0.1) is 5.10 Å². The molecule has 0 aliphatic carbocycles. The van der Waals surface area contributed by atoms with E-state index in [1.807, 2.05) is 24.3 Å². The molecule has 1 saturated heterocycles. The van der Waals surface area contributed by atoms with Crippen molar-refractivity contribution in [2.45, 2.75) is 6.42 Å². The van der Waals surface area contributed by atoms with Crippen molar-refractivity contribution in [3.05, 3.63) is 60.0 Å². The normalized spacial score (nSPS) is 13.7. The largest absolute Gasteiger partial charge is 0.455 e. The smallest absolute Gasteiger partial charge is 0.155 e. The van der Waals surface area contributed by atoms with Crippen molar-refractivity contribution in [1.29, 1.82) is 5.26 Å². The Morgan fingerprint density at radius 1 is 1.13 bits per heavy atom. The molecule has 1 fully saturated rings. The molecule has 0 bridgehead atoms. The van der Waals surface area contributed by atoms with Crippen LogP contribution in [0.3, 0.4) is 0 Å². The molecule has 0 amide bonds. The van der Waals surface area contributed by atoms with Crippen molar-refractivity contribution < 1.29 is 9.47 Å². The summed E-state index contributed by atoms with van der Waals surface area (Å²) in [6.07, 6.45) is 4.09. The van der Waals surface area contributed by atoms with Gasteiger partial charge in [0.05, 0.1) is 31.0 Å². The van der Waals surface area contributed by atoms with E-state index in [4.69, 9.17) is 15.2 Å². The highest BCUT2D eigenvalue weighted by Crippen LogP contribution is 2.34. The van der Waals surface area contributed by atoms with Crippen LogP contribution in [0.15, 0.2) is 48.8 Å². The van der Waals surface area contributed by atoms with E-state index in [9.17, 15) is 5.26 Å². The number of hydrogen-bond donors (Lipinski definition) is 1. The van der Waals surface area contributed by atoms with E-state index in [2.05, 4.69) is 26.2 Å². The third kappa shape index (κ3) is 4.54. The molecular formula is C22H22N6O2. The van der Waals surface area contributed by atoms with E-state index < -0.39 is 0 Å². The van der Waals surface area contributed by atoms with Gasteiger partial charge in [-0.25, -0.2) is 0 Å². The van der Waals surface area contributed by atoms with Gasteiger partial charge in [0.1, 0.15) is 5.75 Å². The Hall–Kier alpha value is -3.54. The number of ether oxygens (including phenoxy) is 2. The SMILES string of the molecule is N#Cc1ccc(-c2ccc(CCN)nc2)c(Oc2cnnc(N3CCOCC3)c2)c1. The number of nitrogens with zero attached hydrogens (tertiary/aromatic N) is 5. The maximum Gasteiger partial charge on any atom is 0.155 e. The van der Waals surface area contributed by atoms with Gasteiger partial charge in [-0.3, -0.25) is 4.98 Å². The monoisotopic (exact) mass is 402 g/mol. The van der Waals surface area contributed by atoms with Crippen LogP contribution in [0.25, 0.3) is 11.1 Å². The highest BCUT2D eigenvalue weighted by Gasteiger charge is 2.15. The first-order chi connectivity index (χ1) is 14.8. The summed E-state index contributed by atoms with van der Waals surface area (Å²) in [4.78, 5) is 6.58. The summed E-state index contributed by atoms with van der Waals surface area (Å²) in [7, 11) is 0. The number of benzene rings is 1. The minimum atomic E-state index is 0.511. The Morgan fingerprint density at radius 3 is 2.73 bits per heavy atom. The lowest BCUT2D eigenvalue weighted by Crippen LogP contribution is -2.36. The van der Waals surface area contributed by atoms with Crippen LogP contribution in [0.5, 0.6) is 11.5 Å². The van der Waals surface area contributed by atoms with Crippen molar-refractivity contribution in [3.8, 4) is 28.7 Å². The Morgan fingerprint density at radius 2 is 2.00 bits per heavy atom. The molecule has 0 unspecified atom stereocenters. The molecule has 0 radical (unpaired) electrons. The standard InChI is InChI=1S/C22H22N6O2/c23-6-5-18-3-2-17(14-25-18)20-4-1-16(13-24)11-21(20)30-19-12-22(27-26-15-19)28-7-9-29-10-8-28/h1-4,11-12,14-15H,5-10,23H2. The molecule has 3 aromatic rings. The van der Waals surface area contributed by atoms with Crippen LogP contribution < -0.4 is 15.4 Å². The summed E-state index contributed by atoms with van der Waals surface area (Å²) in [6.45, 7) is 3.39. The molecule has 1 aliphatic rings. The lowest BCUT2D eigenvalue weighted by molar-refractivity contribution is 0.122. The first-order valence-electron chi connectivity index (χ1n) is 9.79. The van der Waals surface area contributed by atoms with E-state index >= 15 is 0 Å². The van der Waals surface area contributed by atoms with Crippen LogP contribution in [0.4, 0.5) is 5.82 Å². The molecule has 152 valence electrons. The zero-order chi connectivity index (χ0) is 20.8. The molecule has 0 saturated carbocycles. The van der Waals surface area contributed by atoms with Gasteiger partial charge in [-0.2, -0.15) is 10.4 Å². The zero-order valence-corrected chi connectivity index (χ0v) is 16.5. The number of nitrogens with two attached hydrogens (primary N) is 1. The average Bonchev–Trinajstić information content (AvgIpc) is 2.81. The number of pyridine rings is 1. The van der Waals surface area contributed by atoms with Crippen LogP contribution in [0.2, 0.25) is 0 Å². The van der Waals surface area contributed by atoms with E-state index in [-0.39, 0.29) is 0 Å². The van der Waals surface area contributed by atoms with Gasteiger partial charge in [0.15, 0.2) is 11.6 Å². The molecule has 30 heavy (non-hydrogen) atoms. The minimum absolute atomic E-state index is 0.511. The van der Waals surface area contributed by atoms with Gasteiger partial charge >= 0.3 is 0 Å². The van der Waals surface area contributed by atoms with Crippen LogP contribution in [0, 0.1) is 11.3 Å².